The Kier molecular flexibility index (Phi) is 3.85. The van der Waals surface area contributed by atoms with Gasteiger partial charge in [-0.15, -0.1) is 0 Å². The molecule has 0 radical (unpaired) electrons. The number of hydrogen-bond acceptors (Lipinski definition) is 5. The van der Waals surface area contributed by atoms with Gasteiger partial charge in [0.25, 0.3) is 0 Å². The third-order valence-electron chi connectivity index (χ3n) is 2.11. The maximum atomic E-state index is 5.29. The van der Waals surface area contributed by atoms with Crippen molar-refractivity contribution in [1.29, 1.82) is 0 Å². The van der Waals surface area contributed by atoms with Crippen LogP contribution in [0.4, 0.5) is 5.82 Å². The molecule has 0 aliphatic heterocycles. The number of anilines is 1. The summed E-state index contributed by atoms with van der Waals surface area (Å²) in [5.41, 5.74) is 0.962. The smallest absolute Gasteiger partial charge is 0.218 e. The molecule has 0 spiro atoms. The van der Waals surface area contributed by atoms with E-state index in [2.05, 4.69) is 20.3 Å². The van der Waals surface area contributed by atoms with E-state index in [1.54, 1.807) is 12.3 Å². The number of nitrogens with zero attached hydrogens (tertiary/aromatic N) is 3. The molecule has 0 saturated carbocycles. The lowest BCUT2D eigenvalue weighted by atomic mass is 10.3. The van der Waals surface area contributed by atoms with Gasteiger partial charge in [0.1, 0.15) is 12.1 Å². The van der Waals surface area contributed by atoms with Crippen LogP contribution in [0.15, 0.2) is 36.8 Å². The molecule has 0 amide bonds. The van der Waals surface area contributed by atoms with Gasteiger partial charge in [-0.1, -0.05) is 6.07 Å². The van der Waals surface area contributed by atoms with Crippen LogP contribution in [0.5, 0.6) is 5.88 Å². The van der Waals surface area contributed by atoms with Gasteiger partial charge in [-0.05, 0) is 19.1 Å². The third kappa shape index (κ3) is 3.41. The van der Waals surface area contributed by atoms with Crippen LogP contribution >= 0.6 is 0 Å². The lowest BCUT2D eigenvalue weighted by molar-refractivity contribution is 0.326. The predicted octanol–water partition coefficient (Wildman–Crippen LogP) is 1.88. The van der Waals surface area contributed by atoms with Crippen molar-refractivity contribution in [3.05, 3.63) is 42.5 Å². The largest absolute Gasteiger partial charge is 0.478 e. The summed E-state index contributed by atoms with van der Waals surface area (Å²) in [6.07, 6.45) is 3.24. The number of rotatable bonds is 5. The Balaban J connectivity index is 1.97. The quantitative estimate of drug-likeness (QED) is 0.849. The number of ether oxygens (including phenoxy) is 1. The van der Waals surface area contributed by atoms with Crippen LogP contribution < -0.4 is 10.1 Å². The molecule has 0 fully saturated rings. The highest BCUT2D eigenvalue weighted by Crippen LogP contribution is 2.11. The summed E-state index contributed by atoms with van der Waals surface area (Å²) in [7, 11) is 0. The summed E-state index contributed by atoms with van der Waals surface area (Å²) in [4.78, 5) is 12.3. The van der Waals surface area contributed by atoms with Crippen molar-refractivity contribution in [1.82, 2.24) is 15.0 Å². The standard InChI is InChI=1S/C12H14N4O/c1-2-17-12-7-11(15-9-16-12)14-8-10-5-3-4-6-13-10/h3-7,9H,2,8H2,1H3,(H,14,15,16). The maximum absolute atomic E-state index is 5.29. The molecule has 0 aromatic carbocycles. The zero-order valence-corrected chi connectivity index (χ0v) is 9.63. The van der Waals surface area contributed by atoms with E-state index in [0.717, 1.165) is 11.5 Å². The van der Waals surface area contributed by atoms with E-state index in [0.29, 0.717) is 19.0 Å². The first-order valence-corrected chi connectivity index (χ1v) is 5.47. The Morgan fingerprint density at radius 2 is 2.18 bits per heavy atom. The molecule has 17 heavy (non-hydrogen) atoms. The third-order valence-corrected chi connectivity index (χ3v) is 2.11. The Hall–Kier alpha value is -2.17. The summed E-state index contributed by atoms with van der Waals surface area (Å²) in [5.74, 6) is 1.31. The van der Waals surface area contributed by atoms with Crippen LogP contribution in [0, 0.1) is 0 Å². The van der Waals surface area contributed by atoms with Gasteiger partial charge in [-0.2, -0.15) is 0 Å². The van der Waals surface area contributed by atoms with Gasteiger partial charge in [0, 0.05) is 12.3 Å². The van der Waals surface area contributed by atoms with Crippen molar-refractivity contribution in [2.75, 3.05) is 11.9 Å². The normalized spacial score (nSPS) is 9.94. The molecule has 0 aliphatic carbocycles. The van der Waals surface area contributed by atoms with E-state index in [1.807, 2.05) is 25.1 Å². The highest BCUT2D eigenvalue weighted by atomic mass is 16.5. The van der Waals surface area contributed by atoms with Crippen LogP contribution in [0.2, 0.25) is 0 Å². The fourth-order valence-electron chi connectivity index (χ4n) is 1.35. The van der Waals surface area contributed by atoms with Crippen LogP contribution in [0.1, 0.15) is 12.6 Å². The fourth-order valence-corrected chi connectivity index (χ4v) is 1.35. The molecule has 0 aliphatic rings. The van der Waals surface area contributed by atoms with Crippen molar-refractivity contribution >= 4 is 5.82 Å². The molecule has 2 heterocycles. The molecule has 2 aromatic heterocycles. The van der Waals surface area contributed by atoms with E-state index in [9.17, 15) is 0 Å². The van der Waals surface area contributed by atoms with Gasteiger partial charge < -0.3 is 10.1 Å². The SMILES string of the molecule is CCOc1cc(NCc2ccccn2)ncn1. The van der Waals surface area contributed by atoms with Gasteiger partial charge in [0.15, 0.2) is 0 Å². The highest BCUT2D eigenvalue weighted by Gasteiger charge is 1.99. The number of aromatic nitrogens is 3. The van der Waals surface area contributed by atoms with E-state index in [1.165, 1.54) is 6.33 Å². The zero-order valence-electron chi connectivity index (χ0n) is 9.63. The molecule has 0 atom stereocenters. The Morgan fingerprint density at radius 3 is 2.94 bits per heavy atom. The molecular formula is C12H14N4O. The minimum atomic E-state index is 0.575. The minimum Gasteiger partial charge on any atom is -0.478 e. The van der Waals surface area contributed by atoms with Crippen LogP contribution in [0.3, 0.4) is 0 Å². The van der Waals surface area contributed by atoms with E-state index in [-0.39, 0.29) is 0 Å². The lowest BCUT2D eigenvalue weighted by Crippen LogP contribution is -2.04. The summed E-state index contributed by atoms with van der Waals surface area (Å²) < 4.78 is 5.29. The molecule has 5 heteroatoms. The fraction of sp³-hybridized carbons (Fsp3) is 0.250. The number of nitrogens with one attached hydrogen (secondary N) is 1. The first-order valence-electron chi connectivity index (χ1n) is 5.47. The molecule has 0 unspecified atom stereocenters. The van der Waals surface area contributed by atoms with Crippen molar-refractivity contribution in [3.8, 4) is 5.88 Å². The average Bonchev–Trinajstić information content (AvgIpc) is 2.39. The Morgan fingerprint density at radius 1 is 1.24 bits per heavy atom. The van der Waals surface area contributed by atoms with Gasteiger partial charge >= 0.3 is 0 Å². The number of hydrogen-bond donors (Lipinski definition) is 1. The summed E-state index contributed by atoms with van der Waals surface area (Å²) >= 11 is 0. The van der Waals surface area contributed by atoms with Gasteiger partial charge in [-0.3, -0.25) is 4.98 Å². The highest BCUT2D eigenvalue weighted by molar-refractivity contribution is 5.37. The average molecular weight is 230 g/mol. The predicted molar refractivity (Wildman–Crippen MR) is 64.8 cm³/mol. The summed E-state index contributed by atoms with van der Waals surface area (Å²) in [6, 6.07) is 7.57. The van der Waals surface area contributed by atoms with Crippen molar-refractivity contribution in [3.63, 3.8) is 0 Å². The molecule has 1 N–H and O–H groups in total. The van der Waals surface area contributed by atoms with Gasteiger partial charge in [-0.25, -0.2) is 9.97 Å². The molecular weight excluding hydrogens is 216 g/mol. The van der Waals surface area contributed by atoms with E-state index in [4.69, 9.17) is 4.74 Å². The minimum absolute atomic E-state index is 0.575. The lowest BCUT2D eigenvalue weighted by Gasteiger charge is -2.06. The monoisotopic (exact) mass is 230 g/mol. The van der Waals surface area contributed by atoms with Gasteiger partial charge in [0.05, 0.1) is 18.8 Å². The second kappa shape index (κ2) is 5.79. The summed E-state index contributed by atoms with van der Waals surface area (Å²) in [5, 5.41) is 3.17. The van der Waals surface area contributed by atoms with E-state index >= 15 is 0 Å². The summed E-state index contributed by atoms with van der Waals surface area (Å²) in [6.45, 7) is 3.14. The second-order valence-corrected chi connectivity index (χ2v) is 3.35. The molecule has 88 valence electrons. The molecule has 0 bridgehead atoms. The molecule has 2 rings (SSSR count). The first-order chi connectivity index (χ1) is 8.38. The maximum Gasteiger partial charge on any atom is 0.218 e. The Bertz CT molecular complexity index is 461. The second-order valence-electron chi connectivity index (χ2n) is 3.35. The van der Waals surface area contributed by atoms with Crippen molar-refractivity contribution in [2.24, 2.45) is 0 Å². The van der Waals surface area contributed by atoms with E-state index < -0.39 is 0 Å². The van der Waals surface area contributed by atoms with Crippen LogP contribution in [-0.2, 0) is 6.54 Å². The molecule has 2 aromatic rings. The zero-order chi connectivity index (χ0) is 11.9. The van der Waals surface area contributed by atoms with Crippen LogP contribution in [-0.4, -0.2) is 21.6 Å². The molecule has 0 saturated heterocycles. The molecule has 5 nitrogen and oxygen atoms in total. The number of pyridine rings is 1. The van der Waals surface area contributed by atoms with Gasteiger partial charge in [0.2, 0.25) is 5.88 Å². The van der Waals surface area contributed by atoms with Crippen LogP contribution in [0.25, 0.3) is 0 Å². The topological polar surface area (TPSA) is 59.9 Å². The van der Waals surface area contributed by atoms with Crippen molar-refractivity contribution in [2.45, 2.75) is 13.5 Å². The Labute approximate surface area is 99.9 Å². The first kappa shape index (κ1) is 11.3. The van der Waals surface area contributed by atoms with Crippen molar-refractivity contribution < 1.29 is 4.74 Å².